The summed E-state index contributed by atoms with van der Waals surface area (Å²) in [6.07, 6.45) is 3.31. The lowest BCUT2D eigenvalue weighted by atomic mass is 9.93. The third kappa shape index (κ3) is 3.37. The van der Waals surface area contributed by atoms with E-state index >= 15 is 0 Å². The lowest BCUT2D eigenvalue weighted by Gasteiger charge is -2.37. The van der Waals surface area contributed by atoms with Crippen LogP contribution in [-0.2, 0) is 13.0 Å². The van der Waals surface area contributed by atoms with Crippen molar-refractivity contribution in [3.05, 3.63) is 29.3 Å². The molecule has 0 amide bonds. The molecule has 0 aliphatic carbocycles. The minimum atomic E-state index is 0.552. The molecule has 1 fully saturated rings. The van der Waals surface area contributed by atoms with Gasteiger partial charge >= 0.3 is 0 Å². The number of benzene rings is 1. The van der Waals surface area contributed by atoms with Crippen LogP contribution in [0.2, 0.25) is 0 Å². The van der Waals surface area contributed by atoms with Crippen molar-refractivity contribution in [1.29, 1.82) is 0 Å². The lowest BCUT2D eigenvalue weighted by molar-refractivity contribution is 0.427. The molecule has 2 aliphatic heterocycles. The number of piperazine rings is 1. The lowest BCUT2D eigenvalue weighted by Crippen LogP contribution is -2.46. The van der Waals surface area contributed by atoms with E-state index in [1.165, 1.54) is 11.3 Å². The molecule has 5 heteroatoms. The Morgan fingerprint density at radius 2 is 2.10 bits per heavy atom. The Kier molecular flexibility index (Phi) is 5.06. The highest BCUT2D eigenvalue weighted by atomic mass is 32.2. The van der Waals surface area contributed by atoms with Crippen LogP contribution in [0.25, 0.3) is 0 Å². The van der Waals surface area contributed by atoms with E-state index in [0.717, 1.165) is 45.7 Å². The smallest absolute Gasteiger partial charge is 0.0403 e. The van der Waals surface area contributed by atoms with Gasteiger partial charge in [-0.25, -0.2) is 4.31 Å². The second kappa shape index (κ2) is 7.01. The number of nitrogens with one attached hydrogen (secondary N) is 2. The molecule has 1 aromatic carbocycles. The van der Waals surface area contributed by atoms with Gasteiger partial charge in [0.25, 0.3) is 0 Å². The highest BCUT2D eigenvalue weighted by molar-refractivity contribution is 7.96. The van der Waals surface area contributed by atoms with Crippen molar-refractivity contribution in [2.75, 3.05) is 50.9 Å². The average molecular weight is 306 g/mol. The molecule has 1 unspecified atom stereocenters. The van der Waals surface area contributed by atoms with Crippen LogP contribution < -0.4 is 15.5 Å². The third-order valence-corrected chi connectivity index (χ3v) is 5.45. The molecule has 1 aromatic rings. The van der Waals surface area contributed by atoms with Gasteiger partial charge in [-0.3, -0.25) is 0 Å². The van der Waals surface area contributed by atoms with E-state index in [4.69, 9.17) is 0 Å². The zero-order valence-electron chi connectivity index (χ0n) is 13.1. The normalized spacial score (nSPS) is 23.1. The Morgan fingerprint density at radius 3 is 2.81 bits per heavy atom. The molecule has 1 saturated heterocycles. The summed E-state index contributed by atoms with van der Waals surface area (Å²) in [5.41, 5.74) is 4.51. The molecule has 1 atom stereocenters. The maximum absolute atomic E-state index is 3.63. The molecule has 2 N–H and O–H groups in total. The Labute approximate surface area is 132 Å². The fraction of sp³-hybridized carbons (Fsp3) is 0.625. The fourth-order valence-corrected chi connectivity index (χ4v) is 3.92. The van der Waals surface area contributed by atoms with Crippen LogP contribution in [0.5, 0.6) is 0 Å². The average Bonchev–Trinajstić information content (AvgIpc) is 2.55. The van der Waals surface area contributed by atoms with Crippen molar-refractivity contribution >= 4 is 17.6 Å². The van der Waals surface area contributed by atoms with E-state index in [9.17, 15) is 0 Å². The van der Waals surface area contributed by atoms with Gasteiger partial charge in [0.1, 0.15) is 0 Å². The molecule has 0 saturated carbocycles. The minimum Gasteiger partial charge on any atom is -0.369 e. The Balaban J connectivity index is 1.77. The van der Waals surface area contributed by atoms with Crippen LogP contribution in [0.15, 0.2) is 18.2 Å². The van der Waals surface area contributed by atoms with Gasteiger partial charge in [0.2, 0.25) is 0 Å². The van der Waals surface area contributed by atoms with E-state index in [1.54, 1.807) is 5.56 Å². The van der Waals surface area contributed by atoms with Crippen LogP contribution in [0.3, 0.4) is 0 Å². The summed E-state index contributed by atoms with van der Waals surface area (Å²) in [6.45, 7) is 6.63. The van der Waals surface area contributed by atoms with Gasteiger partial charge < -0.3 is 15.5 Å². The maximum atomic E-state index is 3.63. The Hall–Kier alpha value is -0.750. The summed E-state index contributed by atoms with van der Waals surface area (Å²) in [6, 6.07) is 7.36. The predicted octanol–water partition coefficient (Wildman–Crippen LogP) is 1.32. The molecule has 0 spiro atoms. The number of hydrogen-bond acceptors (Lipinski definition) is 5. The number of likely N-dealkylation sites (N-methyl/N-ethyl adjacent to an activating group) is 1. The first-order valence-electron chi connectivity index (χ1n) is 7.84. The summed E-state index contributed by atoms with van der Waals surface area (Å²) in [5.74, 6) is 0. The molecule has 2 heterocycles. The van der Waals surface area contributed by atoms with E-state index in [0.29, 0.717) is 6.04 Å². The van der Waals surface area contributed by atoms with Crippen LogP contribution in [0.4, 0.5) is 5.69 Å². The second-order valence-electron chi connectivity index (χ2n) is 5.85. The quantitative estimate of drug-likeness (QED) is 0.820. The molecule has 4 nitrogen and oxygen atoms in total. The molecule has 0 aromatic heterocycles. The Bertz CT molecular complexity index is 471. The summed E-state index contributed by atoms with van der Waals surface area (Å²) < 4.78 is 2.46. The summed E-state index contributed by atoms with van der Waals surface area (Å²) >= 11 is 1.87. The molecular formula is C16H26N4S. The number of fused-ring (bicyclic) bond motifs is 1. The first kappa shape index (κ1) is 15.2. The van der Waals surface area contributed by atoms with Crippen molar-refractivity contribution in [2.24, 2.45) is 0 Å². The summed E-state index contributed by atoms with van der Waals surface area (Å²) in [7, 11) is 2.03. The zero-order valence-corrected chi connectivity index (χ0v) is 13.9. The van der Waals surface area contributed by atoms with E-state index in [2.05, 4.69) is 44.3 Å². The first-order chi connectivity index (χ1) is 10.3. The Morgan fingerprint density at radius 1 is 1.29 bits per heavy atom. The van der Waals surface area contributed by atoms with Crippen molar-refractivity contribution in [3.8, 4) is 0 Å². The molecule has 3 rings (SSSR count). The van der Waals surface area contributed by atoms with Gasteiger partial charge in [0.05, 0.1) is 0 Å². The van der Waals surface area contributed by atoms with Crippen molar-refractivity contribution in [3.63, 3.8) is 0 Å². The molecular weight excluding hydrogens is 280 g/mol. The third-order valence-electron chi connectivity index (χ3n) is 4.57. The van der Waals surface area contributed by atoms with Gasteiger partial charge in [-0.15, -0.1) is 0 Å². The van der Waals surface area contributed by atoms with Crippen molar-refractivity contribution < 1.29 is 0 Å². The fourth-order valence-electron chi connectivity index (χ4n) is 3.39. The number of rotatable bonds is 4. The van der Waals surface area contributed by atoms with Crippen molar-refractivity contribution in [2.45, 2.75) is 19.0 Å². The predicted molar refractivity (Wildman–Crippen MR) is 92.0 cm³/mol. The largest absolute Gasteiger partial charge is 0.369 e. The number of nitrogens with zero attached hydrogens (tertiary/aromatic N) is 2. The van der Waals surface area contributed by atoms with E-state index < -0.39 is 0 Å². The zero-order chi connectivity index (χ0) is 14.7. The van der Waals surface area contributed by atoms with Gasteiger partial charge in [-0.2, -0.15) is 0 Å². The molecule has 2 aliphatic rings. The van der Waals surface area contributed by atoms with Crippen LogP contribution in [-0.4, -0.2) is 56.4 Å². The topological polar surface area (TPSA) is 30.5 Å². The van der Waals surface area contributed by atoms with Crippen LogP contribution in [0, 0.1) is 0 Å². The molecule has 0 bridgehead atoms. The van der Waals surface area contributed by atoms with Gasteiger partial charge in [-0.05, 0) is 36.9 Å². The maximum Gasteiger partial charge on any atom is 0.0403 e. The molecule has 116 valence electrons. The van der Waals surface area contributed by atoms with Crippen LogP contribution in [0.1, 0.15) is 11.1 Å². The van der Waals surface area contributed by atoms with Gasteiger partial charge in [-0.1, -0.05) is 24.1 Å². The summed E-state index contributed by atoms with van der Waals surface area (Å²) in [4.78, 5) is 2.58. The molecule has 0 radical (unpaired) electrons. The SMILES string of the molecule is CNCC1Cc2c(cccc2N2CCN(SC)CC2)CN1. The van der Waals surface area contributed by atoms with E-state index in [1.807, 2.05) is 19.0 Å². The van der Waals surface area contributed by atoms with Gasteiger partial charge in [0.15, 0.2) is 0 Å². The highest BCUT2D eigenvalue weighted by Gasteiger charge is 2.24. The first-order valence-corrected chi connectivity index (χ1v) is 9.02. The summed E-state index contributed by atoms with van der Waals surface area (Å²) in [5, 5.41) is 6.93. The number of anilines is 1. The highest BCUT2D eigenvalue weighted by Crippen LogP contribution is 2.29. The van der Waals surface area contributed by atoms with Crippen molar-refractivity contribution in [1.82, 2.24) is 14.9 Å². The van der Waals surface area contributed by atoms with Crippen LogP contribution >= 0.6 is 11.9 Å². The second-order valence-corrected chi connectivity index (χ2v) is 6.73. The standard InChI is InChI=1S/C16H26N4S/c1-17-12-14-10-15-13(11-18-14)4-3-5-16(15)19-6-8-20(21-2)9-7-19/h3-5,14,17-18H,6-12H2,1-2H3. The van der Waals surface area contributed by atoms with E-state index in [-0.39, 0.29) is 0 Å². The number of hydrogen-bond donors (Lipinski definition) is 2. The minimum absolute atomic E-state index is 0.552. The van der Waals surface area contributed by atoms with Gasteiger partial charge in [0, 0.05) is 51.0 Å². The monoisotopic (exact) mass is 306 g/mol. The molecule has 21 heavy (non-hydrogen) atoms.